The zero-order valence-electron chi connectivity index (χ0n) is 53.1. The average molecular weight is 1120 g/mol. The lowest BCUT2D eigenvalue weighted by molar-refractivity contribution is -0.167. The molecule has 0 bridgehead atoms. The Balaban J connectivity index is 4.32. The van der Waals surface area contributed by atoms with Crippen molar-refractivity contribution in [2.24, 2.45) is 0 Å². The van der Waals surface area contributed by atoms with Gasteiger partial charge in [-0.15, -0.1) is 0 Å². The van der Waals surface area contributed by atoms with Crippen molar-refractivity contribution < 1.29 is 28.6 Å². The van der Waals surface area contributed by atoms with Crippen molar-refractivity contribution in [2.75, 3.05) is 13.2 Å². The highest BCUT2D eigenvalue weighted by Crippen LogP contribution is 2.18. The fourth-order valence-corrected chi connectivity index (χ4v) is 9.97. The third-order valence-electron chi connectivity index (χ3n) is 15.1. The molecule has 0 radical (unpaired) electrons. The van der Waals surface area contributed by atoms with Gasteiger partial charge in [0.2, 0.25) is 0 Å². The predicted octanol–water partition coefficient (Wildman–Crippen LogP) is 23.8. The van der Waals surface area contributed by atoms with Gasteiger partial charge in [-0.3, -0.25) is 14.4 Å². The highest BCUT2D eigenvalue weighted by Gasteiger charge is 2.19. The van der Waals surface area contributed by atoms with Gasteiger partial charge in [-0.2, -0.15) is 0 Å². The number of hydrogen-bond acceptors (Lipinski definition) is 6. The summed E-state index contributed by atoms with van der Waals surface area (Å²) in [4.78, 5) is 38.4. The van der Waals surface area contributed by atoms with E-state index >= 15 is 0 Å². The molecule has 0 aliphatic carbocycles. The number of esters is 3. The van der Waals surface area contributed by atoms with E-state index in [0.717, 1.165) is 96.3 Å². The van der Waals surface area contributed by atoms with Gasteiger partial charge >= 0.3 is 17.9 Å². The van der Waals surface area contributed by atoms with Gasteiger partial charge in [0.25, 0.3) is 0 Å². The number of unbranched alkanes of at least 4 members (excludes halogenated alkanes) is 38. The molecular weight excluding hydrogens is 985 g/mol. The van der Waals surface area contributed by atoms with E-state index in [1.165, 1.54) is 212 Å². The molecule has 462 valence electrons. The van der Waals surface area contributed by atoms with E-state index < -0.39 is 6.10 Å². The molecule has 1 unspecified atom stereocenters. The first kappa shape index (κ1) is 76.6. The molecule has 1 atom stereocenters. The first-order chi connectivity index (χ1) is 39.5. The second-order valence-corrected chi connectivity index (χ2v) is 23.1. The minimum atomic E-state index is -0.794. The van der Waals surface area contributed by atoms with Gasteiger partial charge in [0.05, 0.1) is 0 Å². The van der Waals surface area contributed by atoms with Crippen LogP contribution in [0.25, 0.3) is 0 Å². The normalized spacial score (nSPS) is 12.6. The molecule has 0 saturated heterocycles. The van der Waals surface area contributed by atoms with E-state index in [1.807, 2.05) is 0 Å². The van der Waals surface area contributed by atoms with Gasteiger partial charge in [-0.25, -0.2) is 0 Å². The summed E-state index contributed by atoms with van der Waals surface area (Å²) in [6, 6.07) is 0. The number of carbonyl (C=O) groups is 3. The maximum atomic E-state index is 12.9. The topological polar surface area (TPSA) is 78.9 Å². The van der Waals surface area contributed by atoms with E-state index in [-0.39, 0.29) is 31.1 Å². The van der Waals surface area contributed by atoms with Crippen LogP contribution in [-0.4, -0.2) is 37.2 Å². The molecule has 6 heteroatoms. The Morgan fingerprint density at radius 2 is 0.487 bits per heavy atom. The number of ether oxygens (including phenoxy) is 3. The summed E-state index contributed by atoms with van der Waals surface area (Å²) < 4.78 is 16.9. The van der Waals surface area contributed by atoms with Crippen LogP contribution in [0, 0.1) is 0 Å². The fraction of sp³-hybridized carbons (Fsp3) is 0.770. The summed E-state index contributed by atoms with van der Waals surface area (Å²) in [6.45, 7) is 6.53. The molecule has 0 amide bonds. The van der Waals surface area contributed by atoms with Gasteiger partial charge in [-0.05, 0) is 96.3 Å². The van der Waals surface area contributed by atoms with Crippen molar-refractivity contribution in [1.29, 1.82) is 0 Å². The lowest BCUT2D eigenvalue weighted by Gasteiger charge is -2.18. The maximum absolute atomic E-state index is 12.9. The number of hydrogen-bond donors (Lipinski definition) is 0. The molecule has 0 fully saturated rings. The van der Waals surface area contributed by atoms with E-state index in [2.05, 4.69) is 106 Å². The summed E-state index contributed by atoms with van der Waals surface area (Å²) in [5, 5.41) is 0. The van der Waals surface area contributed by atoms with Crippen LogP contribution < -0.4 is 0 Å². The van der Waals surface area contributed by atoms with E-state index in [9.17, 15) is 14.4 Å². The molecule has 0 spiro atoms. The van der Waals surface area contributed by atoms with Gasteiger partial charge in [0, 0.05) is 19.3 Å². The fourth-order valence-electron chi connectivity index (χ4n) is 9.97. The van der Waals surface area contributed by atoms with Crippen LogP contribution in [0.15, 0.2) is 85.1 Å². The third-order valence-corrected chi connectivity index (χ3v) is 15.1. The van der Waals surface area contributed by atoms with Gasteiger partial charge < -0.3 is 14.2 Å². The Morgan fingerprint density at radius 3 is 0.787 bits per heavy atom. The Morgan fingerprint density at radius 1 is 0.263 bits per heavy atom. The van der Waals surface area contributed by atoms with Crippen LogP contribution >= 0.6 is 0 Å². The quantitative estimate of drug-likeness (QED) is 0.0261. The molecule has 0 aromatic rings. The maximum Gasteiger partial charge on any atom is 0.306 e. The molecule has 0 N–H and O–H groups in total. The molecule has 0 rings (SSSR count). The van der Waals surface area contributed by atoms with Crippen LogP contribution in [0.2, 0.25) is 0 Å². The van der Waals surface area contributed by atoms with Crippen molar-refractivity contribution in [3.63, 3.8) is 0 Å². The third kappa shape index (κ3) is 65.4. The molecule has 0 aromatic heterocycles. The Kier molecular flexibility index (Phi) is 65.2. The summed E-state index contributed by atoms with van der Waals surface area (Å²) in [5.41, 5.74) is 0. The number of allylic oxidation sites excluding steroid dienone is 14. The van der Waals surface area contributed by atoms with Gasteiger partial charge in [0.1, 0.15) is 13.2 Å². The minimum absolute atomic E-state index is 0.0877. The zero-order valence-corrected chi connectivity index (χ0v) is 53.1. The summed E-state index contributed by atoms with van der Waals surface area (Å²) >= 11 is 0. The van der Waals surface area contributed by atoms with E-state index in [0.29, 0.717) is 19.3 Å². The largest absolute Gasteiger partial charge is 0.462 e. The molecule has 80 heavy (non-hydrogen) atoms. The monoisotopic (exact) mass is 1110 g/mol. The van der Waals surface area contributed by atoms with Gasteiger partial charge in [-0.1, -0.05) is 318 Å². The van der Waals surface area contributed by atoms with Crippen LogP contribution in [0.1, 0.15) is 348 Å². The smallest absolute Gasteiger partial charge is 0.306 e. The Labute approximate surface area is 496 Å². The molecule has 0 saturated carbocycles. The summed E-state index contributed by atoms with van der Waals surface area (Å²) in [7, 11) is 0. The first-order valence-electron chi connectivity index (χ1n) is 34.6. The standard InChI is InChI=1S/C74H130O6/c1-4-7-10-13-16-19-22-25-28-30-32-34-35-36-37-38-39-40-42-43-46-49-52-55-58-61-64-67-73(76)79-70-71(69-78-72(75)66-63-60-57-54-51-48-45-27-24-21-18-15-12-9-6-3)80-74(77)68-65-62-59-56-53-50-47-44-41-33-31-29-26-23-20-17-14-11-8-5-2/h9,12,18,21-22,25,27,30,32,35-36,45,51,54,71H,4-8,10-11,13-17,19-20,23-24,26,28-29,31,33-34,37-44,46-50,52-53,55-70H2,1-3H3/b12-9-,21-18-,25-22-,32-30-,36-35-,45-27-,54-51-. The van der Waals surface area contributed by atoms with Crippen LogP contribution in [0.5, 0.6) is 0 Å². The first-order valence-corrected chi connectivity index (χ1v) is 34.6. The average Bonchev–Trinajstić information content (AvgIpc) is 3.46. The van der Waals surface area contributed by atoms with Crippen LogP contribution in [0.3, 0.4) is 0 Å². The minimum Gasteiger partial charge on any atom is -0.462 e. The second-order valence-electron chi connectivity index (χ2n) is 23.1. The molecule has 6 nitrogen and oxygen atoms in total. The van der Waals surface area contributed by atoms with Crippen LogP contribution in [0.4, 0.5) is 0 Å². The highest BCUT2D eigenvalue weighted by molar-refractivity contribution is 5.71. The Hall–Kier alpha value is -3.41. The summed E-state index contributed by atoms with van der Waals surface area (Å²) in [5.74, 6) is -0.914. The Bertz CT molecular complexity index is 1520. The van der Waals surface area contributed by atoms with E-state index in [1.54, 1.807) is 0 Å². The predicted molar refractivity (Wildman–Crippen MR) is 348 cm³/mol. The number of carbonyl (C=O) groups excluding carboxylic acids is 3. The molecule has 0 aromatic carbocycles. The molecule has 0 aliphatic heterocycles. The number of rotatable bonds is 63. The molecule has 0 heterocycles. The second kappa shape index (κ2) is 68.1. The molecular formula is C74H130O6. The van der Waals surface area contributed by atoms with Gasteiger partial charge in [0.15, 0.2) is 6.10 Å². The van der Waals surface area contributed by atoms with Crippen molar-refractivity contribution in [3.8, 4) is 0 Å². The lowest BCUT2D eigenvalue weighted by Crippen LogP contribution is -2.30. The molecule has 0 aliphatic rings. The van der Waals surface area contributed by atoms with Crippen LogP contribution in [-0.2, 0) is 28.6 Å². The van der Waals surface area contributed by atoms with Crippen molar-refractivity contribution >= 4 is 17.9 Å². The van der Waals surface area contributed by atoms with E-state index in [4.69, 9.17) is 14.2 Å². The summed E-state index contributed by atoms with van der Waals surface area (Å²) in [6.07, 6.45) is 90.4. The highest BCUT2D eigenvalue weighted by atomic mass is 16.6. The lowest BCUT2D eigenvalue weighted by atomic mass is 10.0. The zero-order chi connectivity index (χ0) is 57.8. The SMILES string of the molecule is CC/C=C\C/C=C\C/C=C\C/C=C\CCCCC(=O)OCC(COC(=O)CCCCCCCCCCCCCC/C=C\C/C=C\C/C=C\CCCCCCC)OC(=O)CCCCCCCCCCCCCCCCCCCCCC. The van der Waals surface area contributed by atoms with Crippen molar-refractivity contribution in [3.05, 3.63) is 85.1 Å². The van der Waals surface area contributed by atoms with Crippen molar-refractivity contribution in [1.82, 2.24) is 0 Å². The van der Waals surface area contributed by atoms with Crippen molar-refractivity contribution in [2.45, 2.75) is 354 Å².